The van der Waals surface area contributed by atoms with Gasteiger partial charge in [-0.1, -0.05) is 38.5 Å². The van der Waals surface area contributed by atoms with Crippen LogP contribution >= 0.6 is 0 Å². The van der Waals surface area contributed by atoms with E-state index in [0.717, 1.165) is 57.8 Å². The van der Waals surface area contributed by atoms with Crippen LogP contribution in [0.25, 0.3) is 0 Å². The van der Waals surface area contributed by atoms with Gasteiger partial charge in [-0.15, -0.1) is 0 Å². The van der Waals surface area contributed by atoms with Crippen molar-refractivity contribution in [2.75, 3.05) is 13.2 Å². The maximum atomic E-state index is 13.8. The molecule has 0 aromatic carbocycles. The van der Waals surface area contributed by atoms with Gasteiger partial charge < -0.3 is 20.3 Å². The summed E-state index contributed by atoms with van der Waals surface area (Å²) in [4.78, 5) is 41.0. The second-order valence-electron chi connectivity index (χ2n) is 9.64. The molecule has 2 heterocycles. The zero-order valence-electron chi connectivity index (χ0n) is 18.1. The number of hydrogen-bond donors (Lipinski definition) is 2. The Labute approximate surface area is 179 Å². The molecule has 4 aliphatic rings. The average Bonchev–Trinajstić information content (AvgIpc) is 3.44. The Morgan fingerprint density at radius 1 is 1.00 bits per heavy atom. The predicted octanol–water partition coefficient (Wildman–Crippen LogP) is 2.42. The van der Waals surface area contributed by atoms with E-state index in [1.165, 1.54) is 6.42 Å². The molecule has 0 aromatic heterocycles. The minimum atomic E-state index is -0.813. The molecular weight excluding hydrogens is 382 g/mol. The summed E-state index contributed by atoms with van der Waals surface area (Å²) < 4.78 is 5.87. The molecular formula is C23H37N3O4. The molecule has 0 unspecified atom stereocenters. The normalized spacial score (nSPS) is 29.4. The number of nitrogens with one attached hydrogen (secondary N) is 2. The van der Waals surface area contributed by atoms with Crippen LogP contribution in [0.2, 0.25) is 0 Å². The van der Waals surface area contributed by atoms with E-state index in [-0.39, 0.29) is 29.9 Å². The lowest BCUT2D eigenvalue weighted by molar-refractivity contribution is -0.154. The van der Waals surface area contributed by atoms with Crippen LogP contribution in [0, 0.1) is 0 Å². The zero-order valence-corrected chi connectivity index (χ0v) is 18.1. The van der Waals surface area contributed by atoms with E-state index < -0.39 is 11.6 Å². The highest BCUT2D eigenvalue weighted by Gasteiger charge is 2.50. The molecule has 168 valence electrons. The fraction of sp³-hybridized carbons (Fsp3) is 0.870. The van der Waals surface area contributed by atoms with Gasteiger partial charge in [0.15, 0.2) is 0 Å². The Kier molecular flexibility index (Phi) is 6.96. The first-order chi connectivity index (χ1) is 14.6. The molecule has 7 nitrogen and oxygen atoms in total. The number of nitrogens with zero attached hydrogens (tertiary/aromatic N) is 1. The summed E-state index contributed by atoms with van der Waals surface area (Å²) in [7, 11) is 0. The SMILES string of the molecule is O=C1CC[C@@H](C(=O)N(C[C@@H]2CCCO2)C2(C(=O)NC3CCCCC3)CCCCC2)N1. The summed E-state index contributed by atoms with van der Waals surface area (Å²) in [5.74, 6) is -0.156. The summed E-state index contributed by atoms with van der Waals surface area (Å²) in [5.41, 5.74) is -0.813. The van der Waals surface area contributed by atoms with Crippen LogP contribution in [0.15, 0.2) is 0 Å². The van der Waals surface area contributed by atoms with Gasteiger partial charge in [0, 0.05) is 25.6 Å². The maximum absolute atomic E-state index is 13.8. The molecule has 3 amide bonds. The first-order valence-electron chi connectivity index (χ1n) is 12.1. The van der Waals surface area contributed by atoms with Crippen LogP contribution in [-0.4, -0.2) is 59.5 Å². The van der Waals surface area contributed by atoms with Gasteiger partial charge in [0.05, 0.1) is 6.10 Å². The third kappa shape index (κ3) is 4.66. The van der Waals surface area contributed by atoms with Crippen LogP contribution in [0.4, 0.5) is 0 Å². The molecule has 0 aromatic rings. The molecule has 2 saturated heterocycles. The minimum absolute atomic E-state index is 0.0183. The van der Waals surface area contributed by atoms with E-state index in [9.17, 15) is 14.4 Å². The number of carbonyl (C=O) groups excluding carboxylic acids is 3. The topological polar surface area (TPSA) is 87.7 Å². The van der Waals surface area contributed by atoms with Crippen LogP contribution in [0.5, 0.6) is 0 Å². The smallest absolute Gasteiger partial charge is 0.246 e. The van der Waals surface area contributed by atoms with Crippen molar-refractivity contribution in [3.63, 3.8) is 0 Å². The lowest BCUT2D eigenvalue weighted by Crippen LogP contribution is -2.66. The van der Waals surface area contributed by atoms with Crippen molar-refractivity contribution in [2.45, 2.75) is 114 Å². The Balaban J connectivity index is 1.58. The molecule has 0 spiro atoms. The van der Waals surface area contributed by atoms with E-state index in [1.807, 2.05) is 4.90 Å². The molecule has 7 heteroatoms. The molecule has 30 heavy (non-hydrogen) atoms. The summed E-state index contributed by atoms with van der Waals surface area (Å²) in [5, 5.41) is 6.16. The van der Waals surface area contributed by atoms with Gasteiger partial charge in [-0.2, -0.15) is 0 Å². The Bertz CT molecular complexity index is 634. The first-order valence-corrected chi connectivity index (χ1v) is 12.1. The monoisotopic (exact) mass is 419 g/mol. The van der Waals surface area contributed by atoms with Crippen molar-refractivity contribution in [3.8, 4) is 0 Å². The lowest BCUT2D eigenvalue weighted by atomic mass is 9.78. The molecule has 4 fully saturated rings. The maximum Gasteiger partial charge on any atom is 0.246 e. The van der Waals surface area contributed by atoms with Gasteiger partial charge in [0.2, 0.25) is 17.7 Å². The van der Waals surface area contributed by atoms with Gasteiger partial charge in [-0.05, 0) is 44.9 Å². The highest BCUT2D eigenvalue weighted by molar-refractivity contribution is 5.96. The third-order valence-corrected chi connectivity index (χ3v) is 7.53. The summed E-state index contributed by atoms with van der Waals surface area (Å²) in [6, 6.07) is -0.295. The van der Waals surface area contributed by atoms with Crippen molar-refractivity contribution >= 4 is 17.7 Å². The number of carbonyl (C=O) groups is 3. The summed E-state index contributed by atoms with van der Waals surface area (Å²) >= 11 is 0. The second-order valence-corrected chi connectivity index (χ2v) is 9.64. The third-order valence-electron chi connectivity index (χ3n) is 7.53. The van der Waals surface area contributed by atoms with Gasteiger partial charge in [0.25, 0.3) is 0 Å². The van der Waals surface area contributed by atoms with Crippen LogP contribution in [0.1, 0.15) is 89.9 Å². The Hall–Kier alpha value is -1.63. The zero-order chi connectivity index (χ0) is 21.0. The molecule has 2 aliphatic carbocycles. The summed E-state index contributed by atoms with van der Waals surface area (Å²) in [6.45, 7) is 1.16. The molecule has 2 N–H and O–H groups in total. The van der Waals surface area contributed by atoms with Crippen LogP contribution < -0.4 is 10.6 Å². The number of amides is 3. The van der Waals surface area contributed by atoms with Crippen molar-refractivity contribution in [3.05, 3.63) is 0 Å². The second kappa shape index (κ2) is 9.67. The lowest BCUT2D eigenvalue weighted by Gasteiger charge is -2.47. The first kappa shape index (κ1) is 21.6. The molecule has 0 bridgehead atoms. The molecule has 2 atom stereocenters. The van der Waals surface area contributed by atoms with Gasteiger partial charge >= 0.3 is 0 Å². The van der Waals surface area contributed by atoms with Crippen molar-refractivity contribution in [2.24, 2.45) is 0 Å². The minimum Gasteiger partial charge on any atom is -0.376 e. The number of hydrogen-bond acceptors (Lipinski definition) is 4. The fourth-order valence-electron chi connectivity index (χ4n) is 5.78. The molecule has 2 aliphatic heterocycles. The molecule has 0 radical (unpaired) electrons. The van der Waals surface area contributed by atoms with E-state index in [1.54, 1.807) is 0 Å². The van der Waals surface area contributed by atoms with Crippen molar-refractivity contribution < 1.29 is 19.1 Å². The largest absolute Gasteiger partial charge is 0.376 e. The predicted molar refractivity (Wildman–Crippen MR) is 113 cm³/mol. The Morgan fingerprint density at radius 2 is 1.73 bits per heavy atom. The van der Waals surface area contributed by atoms with E-state index in [4.69, 9.17) is 4.74 Å². The van der Waals surface area contributed by atoms with Crippen LogP contribution in [0.3, 0.4) is 0 Å². The molecule has 2 saturated carbocycles. The van der Waals surface area contributed by atoms with Gasteiger partial charge in [-0.3, -0.25) is 14.4 Å². The highest BCUT2D eigenvalue weighted by Crippen LogP contribution is 2.37. The van der Waals surface area contributed by atoms with Crippen LogP contribution in [-0.2, 0) is 19.1 Å². The van der Waals surface area contributed by atoms with Crippen molar-refractivity contribution in [1.82, 2.24) is 15.5 Å². The quantitative estimate of drug-likeness (QED) is 0.692. The van der Waals surface area contributed by atoms with E-state index in [0.29, 0.717) is 38.8 Å². The molecule has 4 rings (SSSR count). The van der Waals surface area contributed by atoms with Gasteiger partial charge in [-0.25, -0.2) is 0 Å². The fourth-order valence-corrected chi connectivity index (χ4v) is 5.78. The average molecular weight is 420 g/mol. The standard InChI is InChI=1S/C23H37N3O4/c27-20-12-11-19(25-20)21(28)26(16-18-10-7-15-30-18)23(13-5-2-6-14-23)22(29)24-17-8-3-1-4-9-17/h17-19H,1-16H2,(H,24,29)(H,25,27)/t18-,19-/m0/s1. The number of ether oxygens (including phenoxy) is 1. The Morgan fingerprint density at radius 3 is 2.37 bits per heavy atom. The van der Waals surface area contributed by atoms with Crippen molar-refractivity contribution in [1.29, 1.82) is 0 Å². The van der Waals surface area contributed by atoms with Gasteiger partial charge in [0.1, 0.15) is 11.6 Å². The van der Waals surface area contributed by atoms with E-state index >= 15 is 0 Å². The highest BCUT2D eigenvalue weighted by atomic mass is 16.5. The number of rotatable bonds is 6. The van der Waals surface area contributed by atoms with E-state index in [2.05, 4.69) is 10.6 Å². The summed E-state index contributed by atoms with van der Waals surface area (Å²) in [6.07, 6.45) is 12.8.